The molecule has 0 N–H and O–H groups in total. The van der Waals surface area contributed by atoms with E-state index in [0.717, 1.165) is 19.5 Å². The maximum Gasteiger partial charge on any atom is 0.146 e. The van der Waals surface area contributed by atoms with Crippen LogP contribution in [0.2, 0.25) is 0 Å². The lowest BCUT2D eigenvalue weighted by Gasteiger charge is -2.21. The van der Waals surface area contributed by atoms with Crippen LogP contribution in [0.15, 0.2) is 0 Å². The van der Waals surface area contributed by atoms with E-state index in [1.165, 1.54) is 51.4 Å². The van der Waals surface area contributed by atoms with Crippen LogP contribution in [0, 0.1) is 0 Å². The quantitative estimate of drug-likeness (QED) is 0.571. The zero-order valence-electron chi connectivity index (χ0n) is 11.7. The molecule has 1 aliphatic heterocycles. The molecular weight excluding hydrogens is 210 g/mol. The van der Waals surface area contributed by atoms with Crippen molar-refractivity contribution in [3.8, 4) is 0 Å². The molecule has 0 aliphatic carbocycles. The van der Waals surface area contributed by atoms with Gasteiger partial charge in [0.2, 0.25) is 0 Å². The van der Waals surface area contributed by atoms with Crippen molar-refractivity contribution in [3.05, 3.63) is 0 Å². The molecule has 0 saturated carbocycles. The molecule has 1 rings (SSSR count). The van der Waals surface area contributed by atoms with Crippen LogP contribution in [0.4, 0.5) is 0 Å². The highest BCUT2D eigenvalue weighted by molar-refractivity contribution is 5.81. The molecule has 0 bridgehead atoms. The second-order valence-electron chi connectivity index (χ2n) is 5.43. The molecule has 100 valence electrons. The lowest BCUT2D eigenvalue weighted by Crippen LogP contribution is -2.35. The number of carbonyl (C=O) groups is 1. The predicted octanol–water partition coefficient (Wildman–Crippen LogP) is 3.79. The molecule has 2 nitrogen and oxygen atoms in total. The Hall–Kier alpha value is -0.370. The van der Waals surface area contributed by atoms with Gasteiger partial charge in [0.05, 0.1) is 6.04 Å². The largest absolute Gasteiger partial charge is 0.298 e. The van der Waals surface area contributed by atoms with Gasteiger partial charge < -0.3 is 0 Å². The first-order valence-corrected chi connectivity index (χ1v) is 7.50. The van der Waals surface area contributed by atoms with Crippen molar-refractivity contribution in [3.63, 3.8) is 0 Å². The maximum atomic E-state index is 11.4. The molecule has 0 aromatic carbocycles. The summed E-state index contributed by atoms with van der Waals surface area (Å²) in [5, 5.41) is 0. The summed E-state index contributed by atoms with van der Waals surface area (Å²) in [6.07, 6.45) is 11.8. The van der Waals surface area contributed by atoms with Crippen molar-refractivity contribution < 1.29 is 4.79 Å². The van der Waals surface area contributed by atoms with E-state index in [2.05, 4.69) is 11.8 Å². The number of hydrogen-bond donors (Lipinski definition) is 0. The topological polar surface area (TPSA) is 20.3 Å². The zero-order valence-corrected chi connectivity index (χ0v) is 11.7. The van der Waals surface area contributed by atoms with Crippen molar-refractivity contribution in [2.75, 3.05) is 13.1 Å². The molecule has 0 radical (unpaired) electrons. The third-order valence-corrected chi connectivity index (χ3v) is 3.88. The van der Waals surface area contributed by atoms with Crippen molar-refractivity contribution in [1.82, 2.24) is 4.90 Å². The Kier molecular flexibility index (Phi) is 7.50. The molecule has 2 heteroatoms. The van der Waals surface area contributed by atoms with Gasteiger partial charge in [0.1, 0.15) is 5.78 Å². The maximum absolute atomic E-state index is 11.4. The Balaban J connectivity index is 2.00. The molecule has 1 atom stereocenters. The number of unbranched alkanes of at least 4 members (excludes halogenated alkanes) is 6. The van der Waals surface area contributed by atoms with E-state index in [1.54, 1.807) is 6.92 Å². The summed E-state index contributed by atoms with van der Waals surface area (Å²) in [4.78, 5) is 13.8. The summed E-state index contributed by atoms with van der Waals surface area (Å²) < 4.78 is 0. The number of nitrogens with zero attached hydrogens (tertiary/aromatic N) is 1. The van der Waals surface area contributed by atoms with Gasteiger partial charge in [-0.25, -0.2) is 0 Å². The lowest BCUT2D eigenvalue weighted by molar-refractivity contribution is -0.121. The Morgan fingerprint density at radius 1 is 1.12 bits per heavy atom. The minimum atomic E-state index is 0.245. The van der Waals surface area contributed by atoms with Crippen LogP contribution in [0.3, 0.4) is 0 Å². The van der Waals surface area contributed by atoms with Gasteiger partial charge in [-0.15, -0.1) is 0 Å². The van der Waals surface area contributed by atoms with Crippen LogP contribution in [-0.4, -0.2) is 29.8 Å². The standard InChI is InChI=1S/C15H29NO/c1-3-4-5-6-7-8-9-12-16-13-10-11-15(16)14(2)17/h15H,3-13H2,1-2H3. The van der Waals surface area contributed by atoms with Crippen LogP contribution < -0.4 is 0 Å². The minimum Gasteiger partial charge on any atom is -0.298 e. The summed E-state index contributed by atoms with van der Waals surface area (Å²) in [5.41, 5.74) is 0. The second kappa shape index (κ2) is 8.68. The monoisotopic (exact) mass is 239 g/mol. The number of rotatable bonds is 9. The molecule has 0 spiro atoms. The highest BCUT2D eigenvalue weighted by Gasteiger charge is 2.26. The molecule has 0 amide bonds. The lowest BCUT2D eigenvalue weighted by atomic mass is 10.1. The summed E-state index contributed by atoms with van der Waals surface area (Å²) in [5.74, 6) is 0.366. The first-order valence-electron chi connectivity index (χ1n) is 7.50. The normalized spacial score (nSPS) is 20.9. The van der Waals surface area contributed by atoms with Gasteiger partial charge in [-0.1, -0.05) is 45.4 Å². The predicted molar refractivity (Wildman–Crippen MR) is 73.3 cm³/mol. The van der Waals surface area contributed by atoms with Crippen molar-refractivity contribution >= 4 is 5.78 Å². The minimum absolute atomic E-state index is 0.245. The molecule has 0 aromatic heterocycles. The van der Waals surface area contributed by atoms with Gasteiger partial charge >= 0.3 is 0 Å². The van der Waals surface area contributed by atoms with Gasteiger partial charge in [0.15, 0.2) is 0 Å². The fraction of sp³-hybridized carbons (Fsp3) is 0.933. The number of ketones is 1. The van der Waals surface area contributed by atoms with Gasteiger partial charge in [-0.05, 0) is 39.3 Å². The van der Waals surface area contributed by atoms with Crippen LogP contribution >= 0.6 is 0 Å². The average Bonchev–Trinajstić information content (AvgIpc) is 2.76. The van der Waals surface area contributed by atoms with E-state index in [4.69, 9.17) is 0 Å². The van der Waals surface area contributed by atoms with Crippen LogP contribution in [0.25, 0.3) is 0 Å². The molecular formula is C15H29NO. The Morgan fingerprint density at radius 2 is 1.76 bits per heavy atom. The van der Waals surface area contributed by atoms with Crippen LogP contribution in [0.1, 0.15) is 71.6 Å². The Morgan fingerprint density at radius 3 is 2.41 bits per heavy atom. The molecule has 1 fully saturated rings. The van der Waals surface area contributed by atoms with Gasteiger partial charge in [0.25, 0.3) is 0 Å². The van der Waals surface area contributed by atoms with Crippen molar-refractivity contribution in [2.24, 2.45) is 0 Å². The van der Waals surface area contributed by atoms with E-state index in [0.29, 0.717) is 5.78 Å². The fourth-order valence-electron chi connectivity index (χ4n) is 2.83. The average molecular weight is 239 g/mol. The molecule has 1 aliphatic rings. The van der Waals surface area contributed by atoms with E-state index < -0.39 is 0 Å². The van der Waals surface area contributed by atoms with Gasteiger partial charge in [-0.2, -0.15) is 0 Å². The summed E-state index contributed by atoms with van der Waals surface area (Å²) in [6.45, 7) is 6.28. The third-order valence-electron chi connectivity index (χ3n) is 3.88. The van der Waals surface area contributed by atoms with Gasteiger partial charge in [-0.3, -0.25) is 9.69 Å². The first kappa shape index (κ1) is 14.7. The SMILES string of the molecule is CCCCCCCCCN1CCCC1C(C)=O. The summed E-state index contributed by atoms with van der Waals surface area (Å²) in [6, 6.07) is 0.245. The van der Waals surface area contributed by atoms with Crippen molar-refractivity contribution in [2.45, 2.75) is 77.7 Å². The Bertz CT molecular complexity index is 215. The summed E-state index contributed by atoms with van der Waals surface area (Å²) >= 11 is 0. The first-order chi connectivity index (χ1) is 8.25. The number of hydrogen-bond acceptors (Lipinski definition) is 2. The van der Waals surface area contributed by atoms with E-state index in [1.807, 2.05) is 0 Å². The fourth-order valence-corrected chi connectivity index (χ4v) is 2.83. The molecule has 17 heavy (non-hydrogen) atoms. The number of likely N-dealkylation sites (tertiary alicyclic amines) is 1. The highest BCUT2D eigenvalue weighted by Crippen LogP contribution is 2.19. The number of Topliss-reactive ketones (excluding diaryl/α,β-unsaturated/α-hetero) is 1. The second-order valence-corrected chi connectivity index (χ2v) is 5.43. The Labute approximate surface area is 107 Å². The van der Waals surface area contributed by atoms with Crippen LogP contribution in [-0.2, 0) is 4.79 Å². The third kappa shape index (κ3) is 5.67. The highest BCUT2D eigenvalue weighted by atomic mass is 16.1. The van der Waals surface area contributed by atoms with Crippen LogP contribution in [0.5, 0.6) is 0 Å². The molecule has 1 saturated heterocycles. The van der Waals surface area contributed by atoms with Crippen molar-refractivity contribution in [1.29, 1.82) is 0 Å². The van der Waals surface area contributed by atoms with E-state index in [-0.39, 0.29) is 6.04 Å². The zero-order chi connectivity index (χ0) is 12.5. The number of carbonyl (C=O) groups excluding carboxylic acids is 1. The smallest absolute Gasteiger partial charge is 0.146 e. The van der Waals surface area contributed by atoms with E-state index >= 15 is 0 Å². The molecule has 1 unspecified atom stereocenters. The summed E-state index contributed by atoms with van der Waals surface area (Å²) in [7, 11) is 0. The molecule has 1 heterocycles. The molecule has 0 aromatic rings. The van der Waals surface area contributed by atoms with Gasteiger partial charge in [0, 0.05) is 0 Å². The van der Waals surface area contributed by atoms with E-state index in [9.17, 15) is 4.79 Å².